The molecular weight excluding hydrogens is 404 g/mol. The highest BCUT2D eigenvalue weighted by molar-refractivity contribution is 5.79. The van der Waals surface area contributed by atoms with E-state index in [9.17, 15) is 0 Å². The third-order valence-corrected chi connectivity index (χ3v) is 5.63. The Kier molecular flexibility index (Phi) is 5.85. The lowest BCUT2D eigenvalue weighted by Crippen LogP contribution is -2.44. The van der Waals surface area contributed by atoms with Crippen LogP contribution in [0, 0.1) is 0 Å². The summed E-state index contributed by atoms with van der Waals surface area (Å²) in [5.41, 5.74) is 6.51. The van der Waals surface area contributed by atoms with Gasteiger partial charge >= 0.3 is 0 Å². The summed E-state index contributed by atoms with van der Waals surface area (Å²) in [6.07, 6.45) is 4.19. The monoisotopic (exact) mass is 429 g/mol. The first kappa shape index (κ1) is 20.5. The zero-order valence-corrected chi connectivity index (χ0v) is 18.5. The fraction of sp³-hybridized carbons (Fsp3) is 0.0333. The van der Waals surface area contributed by atoms with Crippen molar-refractivity contribution in [3.63, 3.8) is 0 Å². The van der Waals surface area contributed by atoms with Gasteiger partial charge in [-0.05, 0) is 60.2 Å². The van der Waals surface area contributed by atoms with Crippen molar-refractivity contribution in [1.29, 1.82) is 0 Å². The zero-order valence-electron chi connectivity index (χ0n) is 18.5. The molecule has 0 saturated heterocycles. The van der Waals surface area contributed by atoms with Gasteiger partial charge in [0.25, 0.3) is 11.2 Å². The third kappa shape index (κ3) is 4.35. The average Bonchev–Trinajstić information content (AvgIpc) is 2.89. The van der Waals surface area contributed by atoms with Crippen molar-refractivity contribution in [2.75, 3.05) is 12.0 Å². The number of benzene rings is 4. The molecular formula is C30H25N2O+. The van der Waals surface area contributed by atoms with Crippen molar-refractivity contribution in [3.05, 3.63) is 133 Å². The van der Waals surface area contributed by atoms with Crippen LogP contribution in [0.4, 0.5) is 17.1 Å². The molecule has 0 aliphatic carbocycles. The Labute approximate surface area is 194 Å². The van der Waals surface area contributed by atoms with Gasteiger partial charge in [0.05, 0.1) is 5.39 Å². The SMILES string of the molecule is CO[n+]1c(C=Cc2ccc(N(c3ccccc3)c3ccccc3)cc2)ccc2ccccc21. The molecule has 0 aliphatic heterocycles. The van der Waals surface area contributed by atoms with Gasteiger partial charge in [-0.25, -0.2) is 0 Å². The molecule has 0 unspecified atom stereocenters. The van der Waals surface area contributed by atoms with Crippen molar-refractivity contribution in [3.8, 4) is 0 Å². The Balaban J connectivity index is 1.46. The molecule has 0 amide bonds. The first-order valence-corrected chi connectivity index (χ1v) is 11.0. The average molecular weight is 430 g/mol. The number of anilines is 3. The molecule has 1 heterocycles. The highest BCUT2D eigenvalue weighted by Gasteiger charge is 2.15. The first-order valence-electron chi connectivity index (χ1n) is 11.0. The number of aromatic nitrogens is 1. The Morgan fingerprint density at radius 2 is 1.15 bits per heavy atom. The molecule has 1 aromatic heterocycles. The molecule has 3 nitrogen and oxygen atoms in total. The minimum atomic E-state index is 0.982. The number of rotatable bonds is 6. The van der Waals surface area contributed by atoms with Gasteiger partial charge in [-0.3, -0.25) is 4.84 Å². The van der Waals surface area contributed by atoms with Crippen LogP contribution in [0.15, 0.2) is 121 Å². The Bertz CT molecular complexity index is 1340. The molecule has 33 heavy (non-hydrogen) atoms. The van der Waals surface area contributed by atoms with E-state index in [0.717, 1.165) is 39.2 Å². The van der Waals surface area contributed by atoms with Crippen molar-refractivity contribution >= 4 is 40.1 Å². The van der Waals surface area contributed by atoms with Crippen LogP contribution in [0.1, 0.15) is 11.3 Å². The number of fused-ring (bicyclic) bond motifs is 1. The van der Waals surface area contributed by atoms with Crippen LogP contribution >= 0.6 is 0 Å². The molecule has 5 rings (SSSR count). The molecule has 160 valence electrons. The highest BCUT2D eigenvalue weighted by atomic mass is 16.6. The van der Waals surface area contributed by atoms with E-state index < -0.39 is 0 Å². The summed E-state index contributed by atoms with van der Waals surface area (Å²) in [5.74, 6) is 0. The van der Waals surface area contributed by atoms with Gasteiger partial charge in [0, 0.05) is 40.0 Å². The zero-order chi connectivity index (χ0) is 22.5. The minimum absolute atomic E-state index is 0.982. The van der Waals surface area contributed by atoms with Crippen LogP contribution in [0.3, 0.4) is 0 Å². The van der Waals surface area contributed by atoms with Crippen LogP contribution in [0.25, 0.3) is 23.1 Å². The summed E-state index contributed by atoms with van der Waals surface area (Å²) in [6, 6.07) is 41.9. The van der Waals surface area contributed by atoms with E-state index >= 15 is 0 Å². The first-order chi connectivity index (χ1) is 16.3. The molecule has 0 bridgehead atoms. The van der Waals surface area contributed by atoms with Crippen molar-refractivity contribution in [1.82, 2.24) is 0 Å². The number of hydrogen-bond acceptors (Lipinski definition) is 2. The second-order valence-electron chi connectivity index (χ2n) is 7.73. The van der Waals surface area contributed by atoms with Gasteiger partial charge < -0.3 is 4.90 Å². The summed E-state index contributed by atoms with van der Waals surface area (Å²) in [6.45, 7) is 0. The largest absolute Gasteiger partial charge is 0.311 e. The lowest BCUT2D eigenvalue weighted by Gasteiger charge is -2.25. The Morgan fingerprint density at radius 1 is 0.576 bits per heavy atom. The quantitative estimate of drug-likeness (QED) is 0.275. The predicted octanol–water partition coefficient (Wildman–Crippen LogP) is 6.83. The van der Waals surface area contributed by atoms with Gasteiger partial charge in [0.2, 0.25) is 0 Å². The van der Waals surface area contributed by atoms with E-state index in [0.29, 0.717) is 0 Å². The molecule has 4 aromatic carbocycles. The lowest BCUT2D eigenvalue weighted by atomic mass is 10.1. The summed E-state index contributed by atoms with van der Waals surface area (Å²) in [4.78, 5) is 7.91. The molecule has 0 radical (unpaired) electrons. The summed E-state index contributed by atoms with van der Waals surface area (Å²) in [7, 11) is 1.69. The molecule has 0 N–H and O–H groups in total. The maximum atomic E-state index is 5.65. The van der Waals surface area contributed by atoms with E-state index in [1.165, 1.54) is 0 Å². The number of para-hydroxylation sites is 3. The summed E-state index contributed by atoms with van der Waals surface area (Å²) in [5, 5.41) is 1.14. The van der Waals surface area contributed by atoms with Crippen LogP contribution in [-0.2, 0) is 0 Å². The van der Waals surface area contributed by atoms with E-state index in [1.807, 2.05) is 29.0 Å². The topological polar surface area (TPSA) is 16.4 Å². The van der Waals surface area contributed by atoms with Crippen LogP contribution in [-0.4, -0.2) is 7.11 Å². The van der Waals surface area contributed by atoms with Gasteiger partial charge in [-0.2, -0.15) is 0 Å². The van der Waals surface area contributed by atoms with Crippen LogP contribution < -0.4 is 14.5 Å². The third-order valence-electron chi connectivity index (χ3n) is 5.63. The number of hydrogen-bond donors (Lipinski definition) is 0. The van der Waals surface area contributed by atoms with Crippen LogP contribution in [0.2, 0.25) is 0 Å². The summed E-state index contributed by atoms with van der Waals surface area (Å²) < 4.78 is 1.85. The molecule has 0 aliphatic rings. The molecule has 0 fully saturated rings. The fourth-order valence-electron chi connectivity index (χ4n) is 4.04. The van der Waals surface area contributed by atoms with Gasteiger partial charge in [0.1, 0.15) is 7.11 Å². The Morgan fingerprint density at radius 3 is 1.79 bits per heavy atom. The second-order valence-corrected chi connectivity index (χ2v) is 7.73. The highest BCUT2D eigenvalue weighted by Crippen LogP contribution is 2.34. The minimum Gasteiger partial charge on any atom is -0.311 e. The van der Waals surface area contributed by atoms with Gasteiger partial charge in [-0.1, -0.05) is 60.7 Å². The maximum Gasteiger partial charge on any atom is 0.265 e. The normalized spacial score (nSPS) is 11.1. The molecule has 0 atom stereocenters. The maximum absolute atomic E-state index is 5.65. The Hall–Kier alpha value is -4.37. The van der Waals surface area contributed by atoms with Crippen LogP contribution in [0.5, 0.6) is 0 Å². The molecule has 5 aromatic rings. The van der Waals surface area contributed by atoms with E-state index in [1.54, 1.807) is 7.11 Å². The lowest BCUT2D eigenvalue weighted by molar-refractivity contribution is -0.866. The second kappa shape index (κ2) is 9.41. The van der Waals surface area contributed by atoms with Gasteiger partial charge in [-0.15, -0.1) is 0 Å². The summed E-state index contributed by atoms with van der Waals surface area (Å²) >= 11 is 0. The van der Waals surface area contributed by atoms with Crippen molar-refractivity contribution < 1.29 is 9.57 Å². The van der Waals surface area contributed by atoms with E-state index in [4.69, 9.17) is 4.84 Å². The van der Waals surface area contributed by atoms with E-state index in [-0.39, 0.29) is 0 Å². The van der Waals surface area contributed by atoms with Crippen molar-refractivity contribution in [2.24, 2.45) is 0 Å². The smallest absolute Gasteiger partial charge is 0.265 e. The molecule has 0 spiro atoms. The predicted molar refractivity (Wildman–Crippen MR) is 137 cm³/mol. The number of nitrogens with zero attached hydrogens (tertiary/aromatic N) is 2. The number of pyridine rings is 1. The van der Waals surface area contributed by atoms with Gasteiger partial charge in [0.15, 0.2) is 0 Å². The van der Waals surface area contributed by atoms with E-state index in [2.05, 4.69) is 114 Å². The fourth-order valence-corrected chi connectivity index (χ4v) is 4.04. The standard InChI is InChI=1S/C30H25N2O/c1-33-32-29(23-19-25-10-8-9-15-30(25)32)22-18-24-16-20-28(21-17-24)31(26-11-4-2-5-12-26)27-13-6-3-7-14-27/h2-23H,1H3/q+1. The molecule has 0 saturated carbocycles. The molecule has 3 heteroatoms. The van der Waals surface area contributed by atoms with Crippen molar-refractivity contribution in [2.45, 2.75) is 0 Å².